The van der Waals surface area contributed by atoms with Crippen LogP contribution in [0.15, 0.2) is 4.99 Å². The van der Waals surface area contributed by atoms with E-state index in [1.807, 2.05) is 0 Å². The van der Waals surface area contributed by atoms with Gasteiger partial charge in [-0.15, -0.1) is 0 Å². The average Bonchev–Trinajstić information content (AvgIpc) is 2.53. The van der Waals surface area contributed by atoms with Gasteiger partial charge >= 0.3 is 12.2 Å². The van der Waals surface area contributed by atoms with Gasteiger partial charge in [0.2, 0.25) is 0 Å². The summed E-state index contributed by atoms with van der Waals surface area (Å²) < 4.78 is 38.4. The summed E-state index contributed by atoms with van der Waals surface area (Å²) >= 11 is 0. The molecule has 30 heavy (non-hydrogen) atoms. The van der Waals surface area contributed by atoms with E-state index in [0.29, 0.717) is 11.3 Å². The minimum absolute atomic E-state index is 0.0874. The molecule has 0 aliphatic rings. The predicted octanol–water partition coefficient (Wildman–Crippen LogP) is 4.09. The largest absolute Gasteiger partial charge is 0.443 e. The second-order valence-corrected chi connectivity index (χ2v) is 9.11. The molecule has 2 unspecified atom stereocenters. The number of hydrogen-bond acceptors (Lipinski definition) is 7. The van der Waals surface area contributed by atoms with Gasteiger partial charge in [-0.1, -0.05) is 13.3 Å². The van der Waals surface area contributed by atoms with E-state index in [0.717, 1.165) is 6.34 Å². The van der Waals surface area contributed by atoms with E-state index >= 15 is 0 Å². The lowest BCUT2D eigenvalue weighted by atomic mass is 9.98. The van der Waals surface area contributed by atoms with Crippen LogP contribution in [0.2, 0.25) is 0 Å². The van der Waals surface area contributed by atoms with Crippen LogP contribution in [0.5, 0.6) is 0 Å². The summed E-state index contributed by atoms with van der Waals surface area (Å²) in [4.78, 5) is 29.0. The van der Waals surface area contributed by atoms with Crippen molar-refractivity contribution in [3.8, 4) is 0 Å². The summed E-state index contributed by atoms with van der Waals surface area (Å²) in [5.41, 5.74) is 3.86. The van der Waals surface area contributed by atoms with Crippen LogP contribution in [-0.2, 0) is 9.47 Å². The Morgan fingerprint density at radius 2 is 1.57 bits per heavy atom. The summed E-state index contributed by atoms with van der Waals surface area (Å²) in [6.07, 6.45) is -2.88. The molecule has 2 atom stereocenters. The topological polar surface area (TPSA) is 114 Å². The summed E-state index contributed by atoms with van der Waals surface area (Å²) in [7, 11) is 0. The van der Waals surface area contributed by atoms with Gasteiger partial charge in [-0.05, 0) is 54.4 Å². The van der Waals surface area contributed by atoms with E-state index in [2.05, 4.69) is 4.99 Å². The van der Waals surface area contributed by atoms with Gasteiger partial charge in [-0.2, -0.15) is 4.90 Å². The predicted molar refractivity (Wildman–Crippen MR) is 111 cm³/mol. The molecule has 8 nitrogen and oxygen atoms in total. The van der Waals surface area contributed by atoms with Crippen LogP contribution in [0.3, 0.4) is 0 Å². The molecule has 0 radical (unpaired) electrons. The fourth-order valence-corrected chi connectivity index (χ4v) is 2.29. The standard InChI is InChI=1S/C20H37F2N3O5/c1-8-10-14(23)15(26)20(21,22)11-9-12-24-13-25(16(27)29-18(2,3)4)17(28)30-19(5,6)7/h13-15,26H,8-12,23H2,1-7H3. The van der Waals surface area contributed by atoms with Crippen molar-refractivity contribution in [2.24, 2.45) is 10.7 Å². The van der Waals surface area contributed by atoms with Crippen molar-refractivity contribution in [3.63, 3.8) is 0 Å². The number of carbonyl (C=O) groups excluding carboxylic acids is 2. The zero-order valence-corrected chi connectivity index (χ0v) is 19.1. The minimum atomic E-state index is -3.36. The van der Waals surface area contributed by atoms with Crippen LogP contribution >= 0.6 is 0 Å². The molecular formula is C20H37F2N3O5. The van der Waals surface area contributed by atoms with Crippen molar-refractivity contribution in [1.82, 2.24) is 4.90 Å². The van der Waals surface area contributed by atoms with Crippen LogP contribution in [-0.4, -0.2) is 64.3 Å². The fraction of sp³-hybridized carbons (Fsp3) is 0.850. The summed E-state index contributed by atoms with van der Waals surface area (Å²) in [6, 6.07) is -1.01. The number of nitrogens with two attached hydrogens (primary N) is 1. The van der Waals surface area contributed by atoms with Crippen LogP contribution in [0.1, 0.15) is 74.1 Å². The molecule has 0 aromatic carbocycles. The number of alkyl halides is 2. The molecule has 0 aromatic heterocycles. The summed E-state index contributed by atoms with van der Waals surface area (Å²) in [5, 5.41) is 9.74. The van der Waals surface area contributed by atoms with Gasteiger partial charge in [-0.25, -0.2) is 18.4 Å². The van der Waals surface area contributed by atoms with Crippen molar-refractivity contribution >= 4 is 18.5 Å². The number of ether oxygens (including phenoxy) is 2. The summed E-state index contributed by atoms with van der Waals surface area (Å²) in [6.45, 7) is 11.5. The molecule has 176 valence electrons. The molecule has 0 spiro atoms. The maximum absolute atomic E-state index is 14.1. The van der Waals surface area contributed by atoms with E-state index in [1.54, 1.807) is 48.5 Å². The average molecular weight is 438 g/mol. The quantitative estimate of drug-likeness (QED) is 0.319. The van der Waals surface area contributed by atoms with Crippen LogP contribution in [0.4, 0.5) is 18.4 Å². The number of halogens is 2. The van der Waals surface area contributed by atoms with E-state index in [-0.39, 0.29) is 19.4 Å². The number of aliphatic imine (C=N–C) groups is 1. The second kappa shape index (κ2) is 11.5. The lowest BCUT2D eigenvalue weighted by molar-refractivity contribution is -0.123. The van der Waals surface area contributed by atoms with Crippen molar-refractivity contribution in [1.29, 1.82) is 0 Å². The number of hydrogen-bond donors (Lipinski definition) is 2. The molecule has 0 rings (SSSR count). The molecule has 0 saturated carbocycles. The number of aliphatic hydroxyl groups excluding tert-OH is 1. The summed E-state index contributed by atoms with van der Waals surface area (Å²) in [5.74, 6) is -3.36. The Labute approximate surface area is 177 Å². The van der Waals surface area contributed by atoms with Gasteiger partial charge in [0.1, 0.15) is 23.6 Å². The van der Waals surface area contributed by atoms with E-state index in [1.165, 1.54) is 0 Å². The first kappa shape index (κ1) is 28.2. The molecule has 0 saturated heterocycles. The molecule has 0 bridgehead atoms. The van der Waals surface area contributed by atoms with Gasteiger partial charge < -0.3 is 20.3 Å². The maximum atomic E-state index is 14.1. The molecule has 0 aromatic rings. The number of carbonyl (C=O) groups is 2. The lowest BCUT2D eigenvalue weighted by Gasteiger charge is -2.27. The van der Waals surface area contributed by atoms with Crippen LogP contribution in [0.25, 0.3) is 0 Å². The van der Waals surface area contributed by atoms with Crippen molar-refractivity contribution in [3.05, 3.63) is 0 Å². The van der Waals surface area contributed by atoms with Gasteiger partial charge in [0.25, 0.3) is 5.92 Å². The van der Waals surface area contributed by atoms with Crippen molar-refractivity contribution in [2.75, 3.05) is 6.54 Å². The highest BCUT2D eigenvalue weighted by atomic mass is 19.3. The molecule has 0 aliphatic heterocycles. The third-order valence-corrected chi connectivity index (χ3v) is 3.64. The lowest BCUT2D eigenvalue weighted by Crippen LogP contribution is -2.47. The van der Waals surface area contributed by atoms with Crippen molar-refractivity contribution < 1.29 is 33.0 Å². The van der Waals surface area contributed by atoms with Gasteiger partial charge in [0.15, 0.2) is 0 Å². The van der Waals surface area contributed by atoms with E-state index in [9.17, 15) is 23.5 Å². The Balaban J connectivity index is 5.00. The third kappa shape index (κ3) is 11.4. The fourth-order valence-electron chi connectivity index (χ4n) is 2.29. The first-order valence-electron chi connectivity index (χ1n) is 10.1. The van der Waals surface area contributed by atoms with Crippen molar-refractivity contribution in [2.45, 2.75) is 103 Å². The van der Waals surface area contributed by atoms with Gasteiger partial charge in [0.05, 0.1) is 0 Å². The Hall–Kier alpha value is -1.81. The number of imide groups is 1. The van der Waals surface area contributed by atoms with Gasteiger partial charge in [0, 0.05) is 19.0 Å². The van der Waals surface area contributed by atoms with E-state index in [4.69, 9.17) is 15.2 Å². The molecule has 0 aliphatic carbocycles. The molecule has 0 fully saturated rings. The number of aliphatic hydroxyl groups is 1. The first-order chi connectivity index (χ1) is 13.5. The Morgan fingerprint density at radius 3 is 1.97 bits per heavy atom. The number of rotatable bonds is 9. The van der Waals surface area contributed by atoms with Crippen LogP contribution in [0, 0.1) is 0 Å². The number of amides is 2. The highest BCUT2D eigenvalue weighted by molar-refractivity contribution is 6.00. The second-order valence-electron chi connectivity index (χ2n) is 9.11. The monoisotopic (exact) mass is 437 g/mol. The smallest absolute Gasteiger partial charge is 0.425 e. The molecular weight excluding hydrogens is 400 g/mol. The Bertz CT molecular complexity index is 558. The highest BCUT2D eigenvalue weighted by Crippen LogP contribution is 2.27. The molecule has 0 heterocycles. The van der Waals surface area contributed by atoms with Crippen LogP contribution < -0.4 is 5.73 Å². The minimum Gasteiger partial charge on any atom is -0.443 e. The first-order valence-corrected chi connectivity index (χ1v) is 10.1. The SMILES string of the molecule is CCCC(N)C(O)C(F)(F)CCCN=CN(C(=O)OC(C)(C)C)C(=O)OC(C)(C)C. The normalized spacial score (nSPS) is 15.0. The maximum Gasteiger partial charge on any atom is 0.425 e. The Kier molecular flexibility index (Phi) is 10.8. The van der Waals surface area contributed by atoms with E-state index < -0.39 is 47.9 Å². The Morgan fingerprint density at radius 1 is 1.10 bits per heavy atom. The van der Waals surface area contributed by atoms with Gasteiger partial charge in [-0.3, -0.25) is 4.99 Å². The highest BCUT2D eigenvalue weighted by Gasteiger charge is 2.40. The third-order valence-electron chi connectivity index (χ3n) is 3.64. The zero-order chi connectivity index (χ0) is 23.8. The zero-order valence-electron chi connectivity index (χ0n) is 19.1. The number of nitrogens with zero attached hydrogens (tertiary/aromatic N) is 2. The molecule has 2 amide bonds. The molecule has 10 heteroatoms. The molecule has 3 N–H and O–H groups in total.